The Kier molecular flexibility index (Phi) is 4.17. The molecule has 0 unspecified atom stereocenters. The Balaban J connectivity index is 1.41. The molecule has 0 saturated carbocycles. The van der Waals surface area contributed by atoms with E-state index in [2.05, 4.69) is 41.2 Å². The van der Waals surface area contributed by atoms with Crippen molar-refractivity contribution in [3.05, 3.63) is 54.1 Å². The SMILES string of the molecule is CC(C)c1ccccc1NC(=O)C1CN(c2nc3ccccc3s2)C1. The molecular weight excluding hydrogens is 330 g/mol. The van der Waals surface area contributed by atoms with Crippen LogP contribution in [0.4, 0.5) is 10.8 Å². The van der Waals surface area contributed by atoms with E-state index in [1.54, 1.807) is 11.3 Å². The number of para-hydroxylation sites is 2. The highest BCUT2D eigenvalue weighted by Crippen LogP contribution is 2.33. The first-order valence-electron chi connectivity index (χ1n) is 8.62. The van der Waals surface area contributed by atoms with Gasteiger partial charge in [-0.1, -0.05) is 55.5 Å². The van der Waals surface area contributed by atoms with E-state index in [-0.39, 0.29) is 11.8 Å². The van der Waals surface area contributed by atoms with E-state index in [0.717, 1.165) is 29.4 Å². The van der Waals surface area contributed by atoms with E-state index in [0.29, 0.717) is 5.92 Å². The van der Waals surface area contributed by atoms with Gasteiger partial charge in [0.1, 0.15) is 0 Å². The van der Waals surface area contributed by atoms with Gasteiger partial charge in [-0.3, -0.25) is 4.79 Å². The lowest BCUT2D eigenvalue weighted by Gasteiger charge is -2.38. The van der Waals surface area contributed by atoms with Crippen molar-refractivity contribution in [2.75, 3.05) is 23.3 Å². The molecule has 4 nitrogen and oxygen atoms in total. The largest absolute Gasteiger partial charge is 0.346 e. The molecular formula is C20H21N3OS. The molecule has 5 heteroatoms. The van der Waals surface area contributed by atoms with Crippen LogP contribution in [0.1, 0.15) is 25.3 Å². The molecule has 128 valence electrons. The maximum Gasteiger partial charge on any atom is 0.231 e. The van der Waals surface area contributed by atoms with E-state index in [4.69, 9.17) is 0 Å². The fraction of sp³-hybridized carbons (Fsp3) is 0.300. The van der Waals surface area contributed by atoms with Gasteiger partial charge in [-0.25, -0.2) is 4.98 Å². The molecule has 1 aromatic heterocycles. The molecule has 25 heavy (non-hydrogen) atoms. The second-order valence-corrected chi connectivity index (χ2v) is 7.81. The Labute approximate surface area is 151 Å². The molecule has 1 N–H and O–H groups in total. The van der Waals surface area contributed by atoms with Crippen LogP contribution in [0.5, 0.6) is 0 Å². The van der Waals surface area contributed by atoms with Crippen molar-refractivity contribution in [1.29, 1.82) is 0 Å². The predicted octanol–water partition coefficient (Wildman–Crippen LogP) is 4.49. The number of aromatic nitrogens is 1. The lowest BCUT2D eigenvalue weighted by Crippen LogP contribution is -2.52. The zero-order valence-electron chi connectivity index (χ0n) is 14.4. The van der Waals surface area contributed by atoms with Crippen LogP contribution in [0.2, 0.25) is 0 Å². The molecule has 1 fully saturated rings. The molecule has 1 amide bonds. The first-order valence-corrected chi connectivity index (χ1v) is 9.44. The normalized spacial score (nSPS) is 14.8. The Morgan fingerprint density at radius 3 is 2.64 bits per heavy atom. The minimum Gasteiger partial charge on any atom is -0.346 e. The molecule has 4 rings (SSSR count). The van der Waals surface area contributed by atoms with Crippen LogP contribution in [0, 0.1) is 5.92 Å². The van der Waals surface area contributed by atoms with Crippen molar-refractivity contribution < 1.29 is 4.79 Å². The van der Waals surface area contributed by atoms with Crippen LogP contribution in [-0.4, -0.2) is 24.0 Å². The average molecular weight is 351 g/mol. The Morgan fingerprint density at radius 2 is 1.88 bits per heavy atom. The number of thiazole rings is 1. The van der Waals surface area contributed by atoms with Crippen LogP contribution in [0.25, 0.3) is 10.2 Å². The molecule has 1 aliphatic heterocycles. The molecule has 3 aromatic rings. The van der Waals surface area contributed by atoms with Gasteiger partial charge in [0.15, 0.2) is 5.13 Å². The Morgan fingerprint density at radius 1 is 1.16 bits per heavy atom. The number of nitrogens with zero attached hydrogens (tertiary/aromatic N) is 2. The number of carbonyl (C=O) groups is 1. The van der Waals surface area contributed by atoms with Crippen molar-refractivity contribution >= 4 is 38.3 Å². The van der Waals surface area contributed by atoms with Crippen LogP contribution in [0.3, 0.4) is 0 Å². The summed E-state index contributed by atoms with van der Waals surface area (Å²) in [6, 6.07) is 16.2. The molecule has 0 spiro atoms. The van der Waals surface area contributed by atoms with Gasteiger partial charge in [-0.05, 0) is 29.7 Å². The molecule has 0 bridgehead atoms. The third-order valence-electron chi connectivity index (χ3n) is 4.65. The van der Waals surface area contributed by atoms with E-state index in [9.17, 15) is 4.79 Å². The van der Waals surface area contributed by atoms with Crippen LogP contribution in [0.15, 0.2) is 48.5 Å². The third-order valence-corrected chi connectivity index (χ3v) is 5.74. The predicted molar refractivity (Wildman–Crippen MR) is 104 cm³/mol. The van der Waals surface area contributed by atoms with Gasteiger partial charge in [0, 0.05) is 18.8 Å². The maximum atomic E-state index is 12.6. The number of amides is 1. The summed E-state index contributed by atoms with van der Waals surface area (Å²) >= 11 is 1.69. The number of anilines is 2. The minimum atomic E-state index is 0.0206. The van der Waals surface area contributed by atoms with E-state index < -0.39 is 0 Å². The lowest BCUT2D eigenvalue weighted by atomic mass is 9.98. The van der Waals surface area contributed by atoms with E-state index in [1.807, 2.05) is 36.4 Å². The van der Waals surface area contributed by atoms with Gasteiger partial charge in [-0.15, -0.1) is 0 Å². The lowest BCUT2D eigenvalue weighted by molar-refractivity contribution is -0.120. The zero-order valence-corrected chi connectivity index (χ0v) is 15.2. The summed E-state index contributed by atoms with van der Waals surface area (Å²) in [5.74, 6) is 0.509. The van der Waals surface area contributed by atoms with Crippen LogP contribution >= 0.6 is 11.3 Å². The van der Waals surface area contributed by atoms with Gasteiger partial charge in [-0.2, -0.15) is 0 Å². The quantitative estimate of drug-likeness (QED) is 0.753. The highest BCUT2D eigenvalue weighted by atomic mass is 32.1. The third kappa shape index (κ3) is 3.12. The van der Waals surface area contributed by atoms with Crippen molar-refractivity contribution in [2.45, 2.75) is 19.8 Å². The standard InChI is InChI=1S/C20H21N3OS/c1-13(2)15-7-3-4-8-16(15)21-19(24)14-11-23(12-14)20-22-17-9-5-6-10-18(17)25-20/h3-10,13-14H,11-12H2,1-2H3,(H,21,24). The van der Waals surface area contributed by atoms with Crippen LogP contribution in [-0.2, 0) is 4.79 Å². The van der Waals surface area contributed by atoms with Gasteiger partial charge >= 0.3 is 0 Å². The molecule has 1 aliphatic rings. The molecule has 0 radical (unpaired) electrons. The minimum absolute atomic E-state index is 0.0206. The number of hydrogen-bond donors (Lipinski definition) is 1. The fourth-order valence-electron chi connectivity index (χ4n) is 3.14. The monoisotopic (exact) mass is 351 g/mol. The number of rotatable bonds is 4. The number of nitrogens with one attached hydrogen (secondary N) is 1. The second-order valence-electron chi connectivity index (χ2n) is 6.80. The van der Waals surface area contributed by atoms with Gasteiger partial charge in [0.05, 0.1) is 16.1 Å². The highest BCUT2D eigenvalue weighted by Gasteiger charge is 2.34. The summed E-state index contributed by atoms with van der Waals surface area (Å²) in [5, 5.41) is 4.12. The number of benzene rings is 2. The molecule has 2 aromatic carbocycles. The molecule has 2 heterocycles. The van der Waals surface area contributed by atoms with Crippen molar-refractivity contribution in [3.8, 4) is 0 Å². The van der Waals surface area contributed by atoms with Crippen molar-refractivity contribution in [1.82, 2.24) is 4.98 Å². The second kappa shape index (κ2) is 6.48. The maximum absolute atomic E-state index is 12.6. The van der Waals surface area contributed by atoms with Crippen LogP contribution < -0.4 is 10.2 Å². The molecule has 0 aliphatic carbocycles. The fourth-order valence-corrected chi connectivity index (χ4v) is 4.13. The van der Waals surface area contributed by atoms with Crippen molar-refractivity contribution in [3.63, 3.8) is 0 Å². The number of carbonyl (C=O) groups excluding carboxylic acids is 1. The van der Waals surface area contributed by atoms with E-state index in [1.165, 1.54) is 10.3 Å². The summed E-state index contributed by atoms with van der Waals surface area (Å²) in [6.45, 7) is 5.75. The number of fused-ring (bicyclic) bond motifs is 1. The summed E-state index contributed by atoms with van der Waals surface area (Å²) in [4.78, 5) is 19.4. The molecule has 0 atom stereocenters. The van der Waals surface area contributed by atoms with Gasteiger partial charge in [0.25, 0.3) is 0 Å². The zero-order chi connectivity index (χ0) is 17.4. The average Bonchev–Trinajstić information content (AvgIpc) is 2.97. The Hall–Kier alpha value is -2.40. The summed E-state index contributed by atoms with van der Waals surface area (Å²) < 4.78 is 1.19. The highest BCUT2D eigenvalue weighted by molar-refractivity contribution is 7.22. The number of hydrogen-bond acceptors (Lipinski definition) is 4. The van der Waals surface area contributed by atoms with Gasteiger partial charge in [0.2, 0.25) is 5.91 Å². The smallest absolute Gasteiger partial charge is 0.231 e. The Bertz CT molecular complexity index is 879. The summed E-state index contributed by atoms with van der Waals surface area (Å²) in [5.41, 5.74) is 3.14. The van der Waals surface area contributed by atoms with Gasteiger partial charge < -0.3 is 10.2 Å². The summed E-state index contributed by atoms with van der Waals surface area (Å²) in [7, 11) is 0. The topological polar surface area (TPSA) is 45.2 Å². The van der Waals surface area contributed by atoms with Crippen molar-refractivity contribution in [2.24, 2.45) is 5.92 Å². The first-order chi connectivity index (χ1) is 12.1. The summed E-state index contributed by atoms with van der Waals surface area (Å²) in [6.07, 6.45) is 0. The first kappa shape index (κ1) is 16.1. The molecule has 1 saturated heterocycles. The van der Waals surface area contributed by atoms with E-state index >= 15 is 0 Å².